The van der Waals surface area contributed by atoms with Gasteiger partial charge in [-0.15, -0.1) is 0 Å². The van der Waals surface area contributed by atoms with Crippen LogP contribution in [-0.4, -0.2) is 75.9 Å². The summed E-state index contributed by atoms with van der Waals surface area (Å²) in [6.07, 6.45) is 2.89. The fraction of sp³-hybridized carbons (Fsp3) is 0.600. The van der Waals surface area contributed by atoms with Crippen LogP contribution >= 0.6 is 0 Å². The Morgan fingerprint density at radius 3 is 1.21 bits per heavy atom. The second kappa shape index (κ2) is 8.54. The van der Waals surface area contributed by atoms with E-state index in [-0.39, 0.29) is 11.6 Å². The summed E-state index contributed by atoms with van der Waals surface area (Å²) in [6, 6.07) is 7.17. The van der Waals surface area contributed by atoms with Crippen molar-refractivity contribution in [1.29, 1.82) is 0 Å². The molecule has 0 aliphatic carbocycles. The van der Waals surface area contributed by atoms with E-state index in [9.17, 15) is 9.59 Å². The molecule has 4 heteroatoms. The molecule has 0 aliphatic heterocycles. The first-order valence-electron chi connectivity index (χ1n) is 8.75. The minimum atomic E-state index is 0.160. The third-order valence-corrected chi connectivity index (χ3v) is 3.99. The van der Waals surface area contributed by atoms with E-state index in [1.54, 1.807) is 24.3 Å². The maximum Gasteiger partial charge on any atom is 0.163 e. The number of hydrogen-bond acceptors (Lipinski definition) is 2. The van der Waals surface area contributed by atoms with Crippen molar-refractivity contribution in [3.05, 3.63) is 35.4 Å². The Hall–Kier alpha value is -1.52. The summed E-state index contributed by atoms with van der Waals surface area (Å²) in [6.45, 7) is 1.96. The minimum Gasteiger partial charge on any atom is -0.331 e. The lowest BCUT2D eigenvalue weighted by atomic mass is 10.0. The maximum absolute atomic E-state index is 12.2. The summed E-state index contributed by atoms with van der Waals surface area (Å²) in [4.78, 5) is 24.4. The van der Waals surface area contributed by atoms with Gasteiger partial charge >= 0.3 is 0 Å². The molecule has 1 rings (SSSR count). The van der Waals surface area contributed by atoms with E-state index < -0.39 is 0 Å². The van der Waals surface area contributed by atoms with Crippen LogP contribution in [0.1, 0.15) is 46.4 Å². The SMILES string of the molecule is C[N+](C)(C)CCCC(=O)c1ccc(C(=O)CCC[N+](C)(C)C)cc1. The van der Waals surface area contributed by atoms with Gasteiger partial charge in [-0.3, -0.25) is 9.59 Å². The molecule has 1 aromatic carbocycles. The van der Waals surface area contributed by atoms with Gasteiger partial charge in [-0.05, 0) is 0 Å². The van der Waals surface area contributed by atoms with Gasteiger partial charge in [0.25, 0.3) is 0 Å². The predicted octanol–water partition coefficient (Wildman–Crippen LogP) is 3.02. The molecule has 0 spiro atoms. The Labute approximate surface area is 147 Å². The lowest BCUT2D eigenvalue weighted by Gasteiger charge is -2.23. The van der Waals surface area contributed by atoms with Gasteiger partial charge in [0.2, 0.25) is 0 Å². The Bertz CT molecular complexity index is 497. The zero-order valence-electron chi connectivity index (χ0n) is 16.3. The molecule has 0 N–H and O–H groups in total. The third-order valence-electron chi connectivity index (χ3n) is 3.99. The van der Waals surface area contributed by atoms with Crippen molar-refractivity contribution in [2.24, 2.45) is 0 Å². The van der Waals surface area contributed by atoms with Gasteiger partial charge in [-0.25, -0.2) is 0 Å². The molecule has 134 valence electrons. The minimum absolute atomic E-state index is 0.160. The van der Waals surface area contributed by atoms with Crippen molar-refractivity contribution >= 4 is 11.6 Å². The van der Waals surface area contributed by atoms with Crippen LogP contribution in [0.25, 0.3) is 0 Å². The molecule has 0 aliphatic rings. The zero-order chi connectivity index (χ0) is 18.4. The van der Waals surface area contributed by atoms with Crippen LogP contribution in [0.15, 0.2) is 24.3 Å². The summed E-state index contributed by atoms with van der Waals surface area (Å²) in [5, 5.41) is 0. The molecular formula is C20H34N2O2+2. The normalized spacial score (nSPS) is 12.2. The number of rotatable bonds is 10. The molecule has 0 saturated carbocycles. The first-order chi connectivity index (χ1) is 11.0. The van der Waals surface area contributed by atoms with E-state index in [0.717, 1.165) is 34.9 Å². The lowest BCUT2D eigenvalue weighted by Crippen LogP contribution is -2.35. The largest absolute Gasteiger partial charge is 0.331 e. The van der Waals surface area contributed by atoms with Crippen LogP contribution < -0.4 is 0 Å². The van der Waals surface area contributed by atoms with E-state index in [4.69, 9.17) is 0 Å². The van der Waals surface area contributed by atoms with E-state index in [2.05, 4.69) is 42.3 Å². The number of quaternary nitrogens is 2. The third kappa shape index (κ3) is 8.37. The molecule has 1 aromatic rings. The molecule has 0 radical (unpaired) electrons. The first kappa shape index (κ1) is 20.5. The summed E-state index contributed by atoms with van der Waals surface area (Å²) >= 11 is 0. The van der Waals surface area contributed by atoms with Crippen molar-refractivity contribution in [2.75, 3.05) is 55.4 Å². The highest BCUT2D eigenvalue weighted by molar-refractivity contribution is 5.99. The average Bonchev–Trinajstić information content (AvgIpc) is 2.44. The molecule has 24 heavy (non-hydrogen) atoms. The fourth-order valence-electron chi connectivity index (χ4n) is 2.56. The highest BCUT2D eigenvalue weighted by Gasteiger charge is 2.13. The monoisotopic (exact) mass is 334 g/mol. The van der Waals surface area contributed by atoms with E-state index >= 15 is 0 Å². The number of nitrogens with zero attached hydrogens (tertiary/aromatic N) is 2. The van der Waals surface area contributed by atoms with Crippen LogP contribution in [0.2, 0.25) is 0 Å². The van der Waals surface area contributed by atoms with Gasteiger partial charge in [0.05, 0.1) is 55.4 Å². The first-order valence-corrected chi connectivity index (χ1v) is 8.75. The van der Waals surface area contributed by atoms with Crippen molar-refractivity contribution in [2.45, 2.75) is 25.7 Å². The van der Waals surface area contributed by atoms with Gasteiger partial charge < -0.3 is 8.97 Å². The summed E-state index contributed by atoms with van der Waals surface area (Å²) < 4.78 is 1.74. The second-order valence-corrected chi connectivity index (χ2v) is 8.66. The van der Waals surface area contributed by atoms with Crippen molar-refractivity contribution in [3.8, 4) is 0 Å². The average molecular weight is 335 g/mol. The Morgan fingerprint density at radius 2 is 0.958 bits per heavy atom. The molecule has 0 aromatic heterocycles. The van der Waals surface area contributed by atoms with Crippen LogP contribution in [0.4, 0.5) is 0 Å². The lowest BCUT2D eigenvalue weighted by molar-refractivity contribution is -0.870. The standard InChI is InChI=1S/C20H34N2O2/c1-21(2,3)15-7-9-19(23)17-11-13-18(14-12-17)20(24)10-8-16-22(4,5)6/h11-14H,7-10,15-16H2,1-6H3/q+2. The van der Waals surface area contributed by atoms with E-state index in [1.807, 2.05) is 0 Å². The fourth-order valence-corrected chi connectivity index (χ4v) is 2.56. The van der Waals surface area contributed by atoms with Crippen LogP contribution in [0.5, 0.6) is 0 Å². The summed E-state index contributed by atoms with van der Waals surface area (Å²) in [5.41, 5.74) is 1.42. The van der Waals surface area contributed by atoms with Crippen LogP contribution in [0, 0.1) is 0 Å². The second-order valence-electron chi connectivity index (χ2n) is 8.66. The van der Waals surface area contributed by atoms with Crippen molar-refractivity contribution < 1.29 is 18.6 Å². The van der Waals surface area contributed by atoms with Crippen molar-refractivity contribution in [3.63, 3.8) is 0 Å². The number of carbonyl (C=O) groups is 2. The van der Waals surface area contributed by atoms with E-state index in [1.165, 1.54) is 0 Å². The number of benzene rings is 1. The van der Waals surface area contributed by atoms with Crippen LogP contribution in [0.3, 0.4) is 0 Å². The van der Waals surface area contributed by atoms with Gasteiger partial charge in [0.15, 0.2) is 11.6 Å². The van der Waals surface area contributed by atoms with Crippen molar-refractivity contribution in [1.82, 2.24) is 0 Å². The van der Waals surface area contributed by atoms with E-state index in [0.29, 0.717) is 24.0 Å². The topological polar surface area (TPSA) is 34.1 Å². The number of ketones is 2. The molecule has 0 atom stereocenters. The highest BCUT2D eigenvalue weighted by Crippen LogP contribution is 2.12. The zero-order valence-corrected chi connectivity index (χ0v) is 16.3. The smallest absolute Gasteiger partial charge is 0.163 e. The van der Waals surface area contributed by atoms with Gasteiger partial charge in [0, 0.05) is 36.8 Å². The number of hydrogen-bond donors (Lipinski definition) is 0. The summed E-state index contributed by atoms with van der Waals surface area (Å²) in [5.74, 6) is 0.319. The molecular weight excluding hydrogens is 300 g/mol. The maximum atomic E-state index is 12.2. The quantitative estimate of drug-likeness (QED) is 0.487. The summed E-state index contributed by atoms with van der Waals surface area (Å²) in [7, 11) is 12.8. The number of carbonyl (C=O) groups excluding carboxylic acids is 2. The molecule has 0 fully saturated rings. The number of Topliss-reactive ketones (excluding diaryl/α,β-unsaturated/α-hetero) is 2. The molecule has 4 nitrogen and oxygen atoms in total. The highest BCUT2D eigenvalue weighted by atomic mass is 16.1. The Morgan fingerprint density at radius 1 is 0.667 bits per heavy atom. The Balaban J connectivity index is 2.50. The van der Waals surface area contributed by atoms with Gasteiger partial charge in [-0.1, -0.05) is 24.3 Å². The molecule has 0 unspecified atom stereocenters. The molecule has 0 heterocycles. The molecule has 0 saturated heterocycles. The van der Waals surface area contributed by atoms with Crippen LogP contribution in [-0.2, 0) is 0 Å². The van der Waals surface area contributed by atoms with Gasteiger partial charge in [-0.2, -0.15) is 0 Å². The van der Waals surface area contributed by atoms with Gasteiger partial charge in [0.1, 0.15) is 0 Å². The molecule has 0 amide bonds. The molecule has 0 bridgehead atoms. The Kier molecular flexibility index (Phi) is 7.30. The predicted molar refractivity (Wildman–Crippen MR) is 99.4 cm³/mol.